The number of aryl methyl sites for hydroxylation is 4. The van der Waals surface area contributed by atoms with E-state index in [1.54, 1.807) is 6.07 Å². The third-order valence-corrected chi connectivity index (χ3v) is 6.49. The maximum absolute atomic E-state index is 12.6. The molecule has 0 heterocycles. The van der Waals surface area contributed by atoms with Crippen molar-refractivity contribution in [3.05, 3.63) is 75.8 Å². The SMILES string of the molecule is CC(=O)Nc1cc(C(OC(C)(C)C)C(=O)O)c(-c2ccc(C)c(C)c2)c(C)c1-c1ccc(C)c(C)c1. The van der Waals surface area contributed by atoms with Gasteiger partial charge in [-0.05, 0) is 106 Å². The molecule has 3 aromatic rings. The van der Waals surface area contributed by atoms with Gasteiger partial charge in [0.05, 0.1) is 5.60 Å². The molecule has 0 aliphatic heterocycles. The van der Waals surface area contributed by atoms with E-state index in [1.807, 2.05) is 52.8 Å². The van der Waals surface area contributed by atoms with Crippen LogP contribution in [0.25, 0.3) is 22.3 Å². The maximum Gasteiger partial charge on any atom is 0.337 e. The molecule has 0 saturated carbocycles. The smallest absolute Gasteiger partial charge is 0.337 e. The summed E-state index contributed by atoms with van der Waals surface area (Å²) in [6.07, 6.45) is -1.22. The number of anilines is 1. The van der Waals surface area contributed by atoms with E-state index in [1.165, 1.54) is 12.5 Å². The van der Waals surface area contributed by atoms with Gasteiger partial charge in [-0.3, -0.25) is 4.79 Å². The van der Waals surface area contributed by atoms with Gasteiger partial charge in [0.15, 0.2) is 6.10 Å². The third-order valence-electron chi connectivity index (χ3n) is 6.49. The minimum absolute atomic E-state index is 0.229. The summed E-state index contributed by atoms with van der Waals surface area (Å²) in [5, 5.41) is 13.2. The molecular formula is C31H37NO4. The van der Waals surface area contributed by atoms with Crippen molar-refractivity contribution in [2.75, 3.05) is 5.32 Å². The highest BCUT2D eigenvalue weighted by Crippen LogP contribution is 2.44. The molecule has 5 heteroatoms. The molecule has 0 radical (unpaired) electrons. The van der Waals surface area contributed by atoms with E-state index in [4.69, 9.17) is 4.74 Å². The van der Waals surface area contributed by atoms with Crippen molar-refractivity contribution in [2.45, 2.75) is 74.0 Å². The Balaban J connectivity index is 2.48. The van der Waals surface area contributed by atoms with Crippen molar-refractivity contribution in [1.29, 1.82) is 0 Å². The lowest BCUT2D eigenvalue weighted by Crippen LogP contribution is -2.28. The summed E-state index contributed by atoms with van der Waals surface area (Å²) in [6, 6.07) is 14.1. The molecule has 3 rings (SSSR count). The summed E-state index contributed by atoms with van der Waals surface area (Å²) in [5.74, 6) is -1.31. The van der Waals surface area contributed by atoms with Crippen LogP contribution in [0.3, 0.4) is 0 Å². The lowest BCUT2D eigenvalue weighted by atomic mass is 9.84. The molecule has 0 bridgehead atoms. The number of ether oxygens (including phenoxy) is 1. The normalized spacial score (nSPS) is 12.4. The fourth-order valence-corrected chi connectivity index (χ4v) is 4.49. The summed E-state index contributed by atoms with van der Waals surface area (Å²) in [5.41, 5.74) is 9.37. The molecule has 36 heavy (non-hydrogen) atoms. The Hall–Kier alpha value is -3.44. The van der Waals surface area contributed by atoms with E-state index in [-0.39, 0.29) is 5.91 Å². The quantitative estimate of drug-likeness (QED) is 0.378. The third kappa shape index (κ3) is 5.85. The molecule has 1 unspecified atom stereocenters. The predicted octanol–water partition coefficient (Wildman–Crippen LogP) is 7.46. The first kappa shape index (κ1) is 27.2. The highest BCUT2D eigenvalue weighted by molar-refractivity contribution is 5.99. The van der Waals surface area contributed by atoms with Crippen LogP contribution in [-0.2, 0) is 14.3 Å². The molecule has 2 N–H and O–H groups in total. The molecule has 1 atom stereocenters. The largest absolute Gasteiger partial charge is 0.479 e. The zero-order valence-electron chi connectivity index (χ0n) is 22.8. The van der Waals surface area contributed by atoms with Gasteiger partial charge in [-0.25, -0.2) is 4.79 Å². The number of hydrogen-bond donors (Lipinski definition) is 2. The summed E-state index contributed by atoms with van der Waals surface area (Å²) in [7, 11) is 0. The Morgan fingerprint density at radius 3 is 1.72 bits per heavy atom. The lowest BCUT2D eigenvalue weighted by molar-refractivity contribution is -0.160. The second-order valence-electron chi connectivity index (χ2n) is 10.6. The average molecular weight is 488 g/mol. The molecule has 0 aliphatic carbocycles. The van der Waals surface area contributed by atoms with Gasteiger partial charge >= 0.3 is 5.97 Å². The summed E-state index contributed by atoms with van der Waals surface area (Å²) in [4.78, 5) is 24.8. The van der Waals surface area contributed by atoms with Crippen molar-refractivity contribution >= 4 is 17.6 Å². The van der Waals surface area contributed by atoms with Gasteiger partial charge < -0.3 is 15.2 Å². The molecule has 0 aromatic heterocycles. The molecule has 0 spiro atoms. The van der Waals surface area contributed by atoms with Crippen LogP contribution in [0.4, 0.5) is 5.69 Å². The van der Waals surface area contributed by atoms with Crippen LogP contribution in [0.2, 0.25) is 0 Å². The van der Waals surface area contributed by atoms with Crippen molar-refractivity contribution < 1.29 is 19.4 Å². The van der Waals surface area contributed by atoms with Crippen LogP contribution in [-0.4, -0.2) is 22.6 Å². The first-order valence-electron chi connectivity index (χ1n) is 12.2. The number of aliphatic carboxylic acids is 1. The zero-order valence-corrected chi connectivity index (χ0v) is 22.8. The van der Waals surface area contributed by atoms with E-state index in [9.17, 15) is 14.7 Å². The minimum atomic E-state index is -1.22. The highest BCUT2D eigenvalue weighted by atomic mass is 16.5. The topological polar surface area (TPSA) is 75.6 Å². The second kappa shape index (κ2) is 10.3. The van der Waals surface area contributed by atoms with Crippen molar-refractivity contribution in [2.24, 2.45) is 0 Å². The van der Waals surface area contributed by atoms with E-state index in [0.29, 0.717) is 11.3 Å². The predicted molar refractivity (Wildman–Crippen MR) is 147 cm³/mol. The van der Waals surface area contributed by atoms with Gasteiger partial charge in [0, 0.05) is 23.7 Å². The maximum atomic E-state index is 12.6. The number of carbonyl (C=O) groups excluding carboxylic acids is 1. The number of nitrogens with one attached hydrogen (secondary N) is 1. The van der Waals surface area contributed by atoms with Crippen LogP contribution in [0.1, 0.15) is 67.2 Å². The molecular weight excluding hydrogens is 450 g/mol. The Labute approximate surface area is 214 Å². The molecule has 3 aromatic carbocycles. The standard InChI is InChI=1S/C31H37NO4/c1-17-10-12-23(14-19(17)3)27-21(5)28(24-13-11-18(2)20(4)15-24)26(32-22(6)33)16-25(27)29(30(34)35)36-31(7,8)9/h10-16,29H,1-9H3,(H,32,33)(H,34,35). The van der Waals surface area contributed by atoms with Crippen LogP contribution in [0.15, 0.2) is 42.5 Å². The van der Waals surface area contributed by atoms with E-state index >= 15 is 0 Å². The number of rotatable bonds is 6. The number of carboxylic acid groups (broad SMARTS) is 1. The summed E-state index contributed by atoms with van der Waals surface area (Å²) < 4.78 is 6.08. The summed E-state index contributed by atoms with van der Waals surface area (Å²) in [6.45, 7) is 17.2. The number of benzene rings is 3. The Morgan fingerprint density at radius 1 is 0.806 bits per heavy atom. The molecule has 0 fully saturated rings. The first-order valence-corrected chi connectivity index (χ1v) is 12.2. The Morgan fingerprint density at radius 2 is 1.31 bits per heavy atom. The van der Waals surface area contributed by atoms with Gasteiger partial charge in [0.1, 0.15) is 0 Å². The van der Waals surface area contributed by atoms with E-state index in [2.05, 4.69) is 44.3 Å². The highest BCUT2D eigenvalue weighted by Gasteiger charge is 2.32. The van der Waals surface area contributed by atoms with Gasteiger partial charge in [0.25, 0.3) is 0 Å². The van der Waals surface area contributed by atoms with E-state index in [0.717, 1.165) is 44.5 Å². The molecule has 0 saturated heterocycles. The van der Waals surface area contributed by atoms with Gasteiger partial charge in [-0.15, -0.1) is 0 Å². The molecule has 190 valence electrons. The molecule has 0 aliphatic rings. The second-order valence-corrected chi connectivity index (χ2v) is 10.6. The monoisotopic (exact) mass is 487 g/mol. The van der Waals surface area contributed by atoms with Crippen molar-refractivity contribution in [1.82, 2.24) is 0 Å². The van der Waals surface area contributed by atoms with Crippen LogP contribution >= 0.6 is 0 Å². The number of carboxylic acids is 1. The number of carbonyl (C=O) groups is 2. The number of amides is 1. The molecule has 1 amide bonds. The molecule has 5 nitrogen and oxygen atoms in total. The van der Waals surface area contributed by atoms with Crippen molar-refractivity contribution in [3.8, 4) is 22.3 Å². The number of hydrogen-bond acceptors (Lipinski definition) is 3. The van der Waals surface area contributed by atoms with Crippen LogP contribution < -0.4 is 5.32 Å². The fraction of sp³-hybridized carbons (Fsp3) is 0.355. The average Bonchev–Trinajstić information content (AvgIpc) is 2.75. The van der Waals surface area contributed by atoms with Gasteiger partial charge in [0.2, 0.25) is 5.91 Å². The van der Waals surface area contributed by atoms with Crippen LogP contribution in [0.5, 0.6) is 0 Å². The minimum Gasteiger partial charge on any atom is -0.479 e. The van der Waals surface area contributed by atoms with Crippen molar-refractivity contribution in [3.63, 3.8) is 0 Å². The lowest BCUT2D eigenvalue weighted by Gasteiger charge is -2.29. The van der Waals surface area contributed by atoms with E-state index < -0.39 is 17.7 Å². The van der Waals surface area contributed by atoms with Gasteiger partial charge in [-0.1, -0.05) is 36.4 Å². The Bertz CT molecular complexity index is 1330. The van der Waals surface area contributed by atoms with Crippen LogP contribution in [0, 0.1) is 34.6 Å². The fourth-order valence-electron chi connectivity index (χ4n) is 4.49. The first-order chi connectivity index (χ1) is 16.7. The van der Waals surface area contributed by atoms with Gasteiger partial charge in [-0.2, -0.15) is 0 Å². The Kier molecular flexibility index (Phi) is 7.75. The summed E-state index contributed by atoms with van der Waals surface area (Å²) >= 11 is 0. The zero-order chi connectivity index (χ0) is 26.9.